The Labute approximate surface area is 149 Å². The fraction of sp³-hybridized carbons (Fsp3) is 0.474. The molecule has 25 heavy (non-hydrogen) atoms. The number of nitrogens with zero attached hydrogens (tertiary/aromatic N) is 3. The fourth-order valence-electron chi connectivity index (χ4n) is 3.14. The summed E-state index contributed by atoms with van der Waals surface area (Å²) in [5.74, 6) is -0.0927. The Kier molecular flexibility index (Phi) is 6.06. The zero-order chi connectivity index (χ0) is 17.5. The molecule has 1 aliphatic heterocycles. The molecule has 1 saturated heterocycles. The second-order valence-corrected chi connectivity index (χ2v) is 6.55. The molecular weight excluding hydrogens is 314 g/mol. The summed E-state index contributed by atoms with van der Waals surface area (Å²) in [6.45, 7) is 3.54. The third-order valence-corrected chi connectivity index (χ3v) is 4.64. The van der Waals surface area contributed by atoms with E-state index < -0.39 is 0 Å². The first kappa shape index (κ1) is 17.5. The largest absolute Gasteiger partial charge is 0.375 e. The predicted molar refractivity (Wildman–Crippen MR) is 100 cm³/mol. The summed E-state index contributed by atoms with van der Waals surface area (Å²) in [5.41, 5.74) is 1.69. The minimum absolute atomic E-state index is 0.0927. The average Bonchev–Trinajstić information content (AvgIpc) is 3.16. The van der Waals surface area contributed by atoms with Gasteiger partial charge >= 0.3 is 0 Å². The van der Waals surface area contributed by atoms with Crippen LogP contribution in [0.2, 0.25) is 0 Å². The fourth-order valence-corrected chi connectivity index (χ4v) is 3.14. The minimum atomic E-state index is -0.0927. The molecule has 6 heteroatoms. The molecule has 2 heterocycles. The molecule has 0 radical (unpaired) electrons. The number of carbonyl (C=O) groups is 1. The Bertz CT molecular complexity index is 663. The molecule has 1 fully saturated rings. The van der Waals surface area contributed by atoms with Crippen LogP contribution in [0, 0.1) is 0 Å². The molecular formula is C19H27N5O. The molecule has 0 saturated carbocycles. The monoisotopic (exact) mass is 341 g/mol. The molecule has 3 rings (SSSR count). The number of rotatable bonds is 7. The van der Waals surface area contributed by atoms with E-state index in [-0.39, 0.29) is 5.91 Å². The highest BCUT2D eigenvalue weighted by molar-refractivity contribution is 5.92. The smallest absolute Gasteiger partial charge is 0.271 e. The first-order valence-corrected chi connectivity index (χ1v) is 9.04. The van der Waals surface area contributed by atoms with Gasteiger partial charge in [-0.3, -0.25) is 9.48 Å². The van der Waals surface area contributed by atoms with Gasteiger partial charge in [0, 0.05) is 38.6 Å². The van der Waals surface area contributed by atoms with Crippen molar-refractivity contribution in [3.8, 4) is 0 Å². The van der Waals surface area contributed by atoms with E-state index >= 15 is 0 Å². The number of benzene rings is 1. The molecule has 1 atom stereocenters. The molecule has 0 aliphatic carbocycles. The number of nitrogens with one attached hydrogen (secondary N) is 2. The first-order valence-electron chi connectivity index (χ1n) is 9.04. The van der Waals surface area contributed by atoms with E-state index in [1.807, 2.05) is 29.1 Å². The van der Waals surface area contributed by atoms with Crippen LogP contribution in [0.5, 0.6) is 0 Å². The van der Waals surface area contributed by atoms with Crippen molar-refractivity contribution < 1.29 is 4.79 Å². The van der Waals surface area contributed by atoms with Crippen molar-refractivity contribution in [2.45, 2.75) is 25.3 Å². The van der Waals surface area contributed by atoms with Crippen LogP contribution in [-0.4, -0.2) is 48.9 Å². The number of hydrogen-bond donors (Lipinski definition) is 2. The van der Waals surface area contributed by atoms with Gasteiger partial charge in [0.25, 0.3) is 5.91 Å². The van der Waals surface area contributed by atoms with Gasteiger partial charge in [-0.2, -0.15) is 5.10 Å². The molecule has 2 N–H and O–H groups in total. The van der Waals surface area contributed by atoms with Gasteiger partial charge in [-0.1, -0.05) is 18.2 Å². The molecule has 0 spiro atoms. The first-order chi connectivity index (χ1) is 12.2. The van der Waals surface area contributed by atoms with Crippen LogP contribution in [-0.2, 0) is 0 Å². The minimum Gasteiger partial charge on any atom is -0.375 e. The van der Waals surface area contributed by atoms with Gasteiger partial charge in [-0.25, -0.2) is 0 Å². The SMILES string of the molecule is CN(CCCNC(=O)c1ccn(C2CCCNC2)n1)c1ccccc1. The standard InChI is InChI=1S/C19H27N5O/c1-23(16-7-3-2-4-8-16)13-6-12-21-19(25)18-10-14-24(22-18)17-9-5-11-20-15-17/h2-4,7-8,10,14,17,20H,5-6,9,11-13,15H2,1H3,(H,21,25). The Hall–Kier alpha value is -2.34. The molecule has 1 aromatic heterocycles. The van der Waals surface area contributed by atoms with Crippen molar-refractivity contribution in [1.29, 1.82) is 0 Å². The van der Waals surface area contributed by atoms with Crippen LogP contribution in [0.25, 0.3) is 0 Å². The summed E-state index contributed by atoms with van der Waals surface area (Å²) in [6, 6.07) is 12.4. The van der Waals surface area contributed by atoms with Crippen LogP contribution in [0.3, 0.4) is 0 Å². The van der Waals surface area contributed by atoms with E-state index in [1.54, 1.807) is 6.07 Å². The van der Waals surface area contributed by atoms with Crippen molar-refractivity contribution in [1.82, 2.24) is 20.4 Å². The normalized spacial score (nSPS) is 17.2. The van der Waals surface area contributed by atoms with E-state index in [9.17, 15) is 4.79 Å². The molecule has 0 bridgehead atoms. The molecule has 1 aliphatic rings. The van der Waals surface area contributed by atoms with Gasteiger partial charge in [0.15, 0.2) is 0 Å². The second-order valence-electron chi connectivity index (χ2n) is 6.55. The lowest BCUT2D eigenvalue weighted by atomic mass is 10.1. The van der Waals surface area contributed by atoms with Crippen molar-refractivity contribution in [3.63, 3.8) is 0 Å². The van der Waals surface area contributed by atoms with Gasteiger partial charge in [0.05, 0.1) is 6.04 Å². The van der Waals surface area contributed by atoms with Crippen molar-refractivity contribution >= 4 is 11.6 Å². The van der Waals surface area contributed by atoms with Crippen LogP contribution in [0.1, 0.15) is 35.8 Å². The van der Waals surface area contributed by atoms with Crippen LogP contribution in [0.4, 0.5) is 5.69 Å². The summed E-state index contributed by atoms with van der Waals surface area (Å²) in [6.07, 6.45) is 5.07. The number of amides is 1. The van der Waals surface area contributed by atoms with E-state index in [0.29, 0.717) is 18.3 Å². The maximum absolute atomic E-state index is 12.2. The van der Waals surface area contributed by atoms with Gasteiger partial charge in [-0.05, 0) is 44.0 Å². The topological polar surface area (TPSA) is 62.2 Å². The van der Waals surface area contributed by atoms with Crippen LogP contribution >= 0.6 is 0 Å². The van der Waals surface area contributed by atoms with Gasteiger partial charge in [-0.15, -0.1) is 0 Å². The maximum atomic E-state index is 12.2. The lowest BCUT2D eigenvalue weighted by molar-refractivity contribution is 0.0947. The quantitative estimate of drug-likeness (QED) is 0.757. The number of carbonyl (C=O) groups excluding carboxylic acids is 1. The van der Waals surface area contributed by atoms with E-state index in [0.717, 1.165) is 38.9 Å². The zero-order valence-corrected chi connectivity index (χ0v) is 14.8. The van der Waals surface area contributed by atoms with Crippen molar-refractivity contribution in [3.05, 3.63) is 48.3 Å². The maximum Gasteiger partial charge on any atom is 0.271 e. The van der Waals surface area contributed by atoms with Gasteiger partial charge in [0.2, 0.25) is 0 Å². The zero-order valence-electron chi connectivity index (χ0n) is 14.8. The highest BCUT2D eigenvalue weighted by Gasteiger charge is 2.17. The third-order valence-electron chi connectivity index (χ3n) is 4.64. The van der Waals surface area contributed by atoms with Gasteiger partial charge < -0.3 is 15.5 Å². The summed E-state index contributed by atoms with van der Waals surface area (Å²) in [5, 5.41) is 10.8. The molecule has 6 nitrogen and oxygen atoms in total. The van der Waals surface area contributed by atoms with Crippen molar-refractivity contribution in [2.75, 3.05) is 38.1 Å². The summed E-state index contributed by atoms with van der Waals surface area (Å²) >= 11 is 0. The molecule has 2 aromatic rings. The summed E-state index contributed by atoms with van der Waals surface area (Å²) in [4.78, 5) is 14.4. The third kappa shape index (κ3) is 4.82. The Balaban J connectivity index is 1.41. The van der Waals surface area contributed by atoms with Crippen LogP contribution in [0.15, 0.2) is 42.6 Å². The number of para-hydroxylation sites is 1. The molecule has 134 valence electrons. The molecule has 1 unspecified atom stereocenters. The van der Waals surface area contributed by atoms with E-state index in [1.165, 1.54) is 5.69 Å². The lowest BCUT2D eigenvalue weighted by Crippen LogP contribution is -2.32. The molecule has 1 amide bonds. The van der Waals surface area contributed by atoms with E-state index in [4.69, 9.17) is 0 Å². The second kappa shape index (κ2) is 8.67. The van der Waals surface area contributed by atoms with Crippen molar-refractivity contribution in [2.24, 2.45) is 0 Å². The highest BCUT2D eigenvalue weighted by Crippen LogP contribution is 2.15. The average molecular weight is 341 g/mol. The molecule has 1 aromatic carbocycles. The number of piperidine rings is 1. The van der Waals surface area contributed by atoms with Crippen LogP contribution < -0.4 is 15.5 Å². The Morgan fingerprint density at radius 1 is 1.36 bits per heavy atom. The number of aromatic nitrogens is 2. The Morgan fingerprint density at radius 3 is 2.96 bits per heavy atom. The lowest BCUT2D eigenvalue weighted by Gasteiger charge is -2.22. The van der Waals surface area contributed by atoms with E-state index in [2.05, 4.69) is 39.8 Å². The van der Waals surface area contributed by atoms with Gasteiger partial charge in [0.1, 0.15) is 5.69 Å². The summed E-state index contributed by atoms with van der Waals surface area (Å²) < 4.78 is 1.92. The number of anilines is 1. The Morgan fingerprint density at radius 2 is 2.20 bits per heavy atom. The number of hydrogen-bond acceptors (Lipinski definition) is 4. The highest BCUT2D eigenvalue weighted by atomic mass is 16.1. The predicted octanol–water partition coefficient (Wildman–Crippen LogP) is 2.06. The summed E-state index contributed by atoms with van der Waals surface area (Å²) in [7, 11) is 2.07.